The van der Waals surface area contributed by atoms with Gasteiger partial charge in [-0.2, -0.15) is 21.6 Å². The Bertz CT molecular complexity index is 1810. The third kappa shape index (κ3) is 5.67. The van der Waals surface area contributed by atoms with Gasteiger partial charge in [-0.05, 0) is 42.8 Å². The molecule has 0 amide bonds. The maximum atomic E-state index is 13.5. The lowest BCUT2D eigenvalue weighted by atomic mass is 9.99. The molecule has 1 heterocycles. The van der Waals surface area contributed by atoms with Gasteiger partial charge in [-0.3, -0.25) is 14.2 Å². The number of halogens is 7. The van der Waals surface area contributed by atoms with Gasteiger partial charge >= 0.3 is 15.6 Å². The van der Waals surface area contributed by atoms with Crippen LogP contribution in [0.25, 0.3) is 5.70 Å². The van der Waals surface area contributed by atoms with Gasteiger partial charge in [-0.15, -0.1) is 0 Å². The van der Waals surface area contributed by atoms with Crippen LogP contribution in [0.1, 0.15) is 38.4 Å². The highest BCUT2D eigenvalue weighted by molar-refractivity contribution is 7.88. The number of hydrogen-bond donors (Lipinski definition) is 2. The number of aromatic nitrogens is 1. The van der Waals surface area contributed by atoms with Gasteiger partial charge < -0.3 is 14.4 Å². The zero-order valence-electron chi connectivity index (χ0n) is 20.2. The van der Waals surface area contributed by atoms with Crippen molar-refractivity contribution in [3.05, 3.63) is 90.7 Å². The largest absolute Gasteiger partial charge is 0.534 e. The second kappa shape index (κ2) is 10.9. The average molecular weight is 671 g/mol. The van der Waals surface area contributed by atoms with Crippen molar-refractivity contribution in [3.8, 4) is 17.2 Å². The normalized spacial score (nSPS) is 14.1. The van der Waals surface area contributed by atoms with Crippen LogP contribution >= 0.6 is 46.4 Å². The van der Waals surface area contributed by atoms with Crippen molar-refractivity contribution in [3.63, 3.8) is 0 Å². The number of alkyl halides is 3. The van der Waals surface area contributed by atoms with Gasteiger partial charge in [0, 0.05) is 23.1 Å². The quantitative estimate of drug-likeness (QED) is 0.155. The minimum absolute atomic E-state index is 0.00568. The van der Waals surface area contributed by atoms with Gasteiger partial charge in [-0.1, -0.05) is 52.5 Å². The number of benzene rings is 2. The molecular formula is C25H14Cl4F3NO7S. The summed E-state index contributed by atoms with van der Waals surface area (Å²) in [5.41, 5.74) is -6.24. The molecule has 0 spiro atoms. The van der Waals surface area contributed by atoms with E-state index in [9.17, 15) is 41.4 Å². The fraction of sp³-hybridized carbons (Fsp3) is 0.120. The van der Waals surface area contributed by atoms with Gasteiger partial charge in [0.2, 0.25) is 5.78 Å². The van der Waals surface area contributed by atoms with Crippen LogP contribution in [0.15, 0.2) is 58.1 Å². The summed E-state index contributed by atoms with van der Waals surface area (Å²) in [4.78, 5) is 27.0. The summed E-state index contributed by atoms with van der Waals surface area (Å²) in [6.45, 7) is 1.70. The van der Waals surface area contributed by atoms with Gasteiger partial charge in [0.1, 0.15) is 22.4 Å². The SMILES string of the molecule is Cc1ccc(C(=O)C2=C(n3c(C(=O)c4ccc(OS(=O)(=O)C(F)(F)F)cc4O)cc(Cl)c3Cl)C(Cl)=C(Cl)C2)c(O)c1. The number of rotatable bonds is 7. The molecule has 41 heavy (non-hydrogen) atoms. The number of nitrogens with zero attached hydrogens (tertiary/aromatic N) is 1. The van der Waals surface area contributed by atoms with Crippen molar-refractivity contribution >= 4 is 73.8 Å². The van der Waals surface area contributed by atoms with E-state index in [2.05, 4.69) is 4.18 Å². The number of phenols is 2. The monoisotopic (exact) mass is 669 g/mol. The Morgan fingerprint density at radius 3 is 2.10 bits per heavy atom. The zero-order valence-corrected chi connectivity index (χ0v) is 24.0. The van der Waals surface area contributed by atoms with Gasteiger partial charge in [-0.25, -0.2) is 0 Å². The maximum Gasteiger partial charge on any atom is 0.534 e. The highest BCUT2D eigenvalue weighted by Gasteiger charge is 2.48. The summed E-state index contributed by atoms with van der Waals surface area (Å²) in [5.74, 6) is -3.91. The molecule has 2 aromatic carbocycles. The Morgan fingerprint density at radius 2 is 1.51 bits per heavy atom. The Labute approximate surface area is 249 Å². The lowest BCUT2D eigenvalue weighted by Crippen LogP contribution is -2.28. The Kier molecular flexibility index (Phi) is 8.20. The molecule has 1 aliphatic rings. The van der Waals surface area contributed by atoms with Crippen molar-refractivity contribution in [1.29, 1.82) is 0 Å². The number of aryl methyl sites for hydroxylation is 1. The molecular weight excluding hydrogens is 657 g/mol. The molecule has 216 valence electrons. The maximum absolute atomic E-state index is 13.5. The smallest absolute Gasteiger partial charge is 0.507 e. The van der Waals surface area contributed by atoms with Crippen LogP contribution in [0, 0.1) is 6.92 Å². The number of aromatic hydroxyl groups is 2. The first-order chi connectivity index (χ1) is 18.9. The van der Waals surface area contributed by atoms with E-state index in [1.165, 1.54) is 12.1 Å². The lowest BCUT2D eigenvalue weighted by molar-refractivity contribution is -0.0500. The Hall–Kier alpha value is -3.16. The molecule has 0 radical (unpaired) electrons. The van der Waals surface area contributed by atoms with E-state index in [1.807, 2.05) is 0 Å². The standard InChI is InChI=1S/C25H14Cl4F3NO7S/c1-10-2-4-12(18(34)6-10)22(36)14-8-15(26)20(28)21(14)33-17(9-16(27)24(33)29)23(37)13-5-3-11(7-19(13)35)40-41(38,39)25(30,31)32/h2-7,9,34-35H,8H2,1H3. The Balaban J connectivity index is 1.83. The van der Waals surface area contributed by atoms with Crippen LogP contribution < -0.4 is 4.18 Å². The minimum atomic E-state index is -6.05. The molecule has 4 rings (SSSR count). The third-order valence-corrected chi connectivity index (χ3v) is 8.36. The lowest BCUT2D eigenvalue weighted by Gasteiger charge is -2.15. The number of allylic oxidation sites excluding steroid dienone is 4. The highest BCUT2D eigenvalue weighted by atomic mass is 35.5. The molecule has 0 fully saturated rings. The molecule has 0 saturated heterocycles. The molecule has 0 saturated carbocycles. The van der Waals surface area contributed by atoms with Crippen LogP contribution in [0.2, 0.25) is 10.2 Å². The fourth-order valence-corrected chi connectivity index (χ4v) is 5.26. The highest BCUT2D eigenvalue weighted by Crippen LogP contribution is 2.45. The molecule has 0 aliphatic heterocycles. The molecule has 2 N–H and O–H groups in total. The van der Waals surface area contributed by atoms with Crippen molar-refractivity contribution in [2.24, 2.45) is 0 Å². The Morgan fingerprint density at radius 1 is 0.927 bits per heavy atom. The van der Waals surface area contributed by atoms with Gasteiger partial charge in [0.15, 0.2) is 5.78 Å². The number of carbonyl (C=O) groups is 2. The summed E-state index contributed by atoms with van der Waals surface area (Å²) in [6.07, 6.45) is -0.202. The first-order valence-corrected chi connectivity index (χ1v) is 13.9. The summed E-state index contributed by atoms with van der Waals surface area (Å²) < 4.78 is 65.5. The number of phenolic OH excluding ortho intramolecular Hbond substituents is 2. The first-order valence-electron chi connectivity index (χ1n) is 11.0. The summed E-state index contributed by atoms with van der Waals surface area (Å²) in [7, 11) is -6.05. The topological polar surface area (TPSA) is 123 Å². The number of carbonyl (C=O) groups excluding carboxylic acids is 2. The van der Waals surface area contributed by atoms with E-state index in [4.69, 9.17) is 46.4 Å². The minimum Gasteiger partial charge on any atom is -0.507 e. The molecule has 0 bridgehead atoms. The second-order valence-corrected chi connectivity index (χ2v) is 11.7. The molecule has 3 aromatic rings. The first kappa shape index (κ1) is 30.8. The fourth-order valence-electron chi connectivity index (χ4n) is 3.90. The average Bonchev–Trinajstić information content (AvgIpc) is 3.31. The molecule has 1 aromatic heterocycles. The third-order valence-electron chi connectivity index (χ3n) is 5.79. The van der Waals surface area contributed by atoms with E-state index in [1.54, 1.807) is 13.0 Å². The van der Waals surface area contributed by atoms with Gasteiger partial charge in [0.05, 0.1) is 32.6 Å². The number of Topliss-reactive ketones (excluding diaryl/α,β-unsaturated/α-hetero) is 1. The van der Waals surface area contributed by atoms with Crippen molar-refractivity contribution in [2.45, 2.75) is 18.9 Å². The van der Waals surface area contributed by atoms with E-state index in [0.717, 1.165) is 16.7 Å². The van der Waals surface area contributed by atoms with Crippen molar-refractivity contribution in [2.75, 3.05) is 0 Å². The van der Waals surface area contributed by atoms with E-state index in [0.29, 0.717) is 17.7 Å². The van der Waals surface area contributed by atoms with Crippen LogP contribution in [-0.2, 0) is 10.1 Å². The molecule has 0 unspecified atom stereocenters. The second-order valence-electron chi connectivity index (χ2n) is 8.57. The van der Waals surface area contributed by atoms with Crippen LogP contribution in [0.5, 0.6) is 17.2 Å². The van der Waals surface area contributed by atoms with Crippen LogP contribution in [0.4, 0.5) is 13.2 Å². The van der Waals surface area contributed by atoms with Crippen LogP contribution in [-0.4, -0.2) is 40.3 Å². The van der Waals surface area contributed by atoms with Crippen molar-refractivity contribution in [1.82, 2.24) is 4.57 Å². The summed E-state index contributed by atoms with van der Waals surface area (Å²) in [5, 5.41) is 20.1. The summed E-state index contributed by atoms with van der Waals surface area (Å²) >= 11 is 25.3. The molecule has 0 atom stereocenters. The molecule has 16 heteroatoms. The van der Waals surface area contributed by atoms with Gasteiger partial charge in [0.25, 0.3) is 0 Å². The van der Waals surface area contributed by atoms with E-state index < -0.39 is 44.3 Å². The van der Waals surface area contributed by atoms with E-state index >= 15 is 0 Å². The molecule has 8 nitrogen and oxygen atoms in total. The predicted molar refractivity (Wildman–Crippen MR) is 145 cm³/mol. The van der Waals surface area contributed by atoms with Crippen molar-refractivity contribution < 1.29 is 45.6 Å². The zero-order chi connectivity index (χ0) is 30.6. The van der Waals surface area contributed by atoms with E-state index in [-0.39, 0.29) is 54.9 Å². The summed E-state index contributed by atoms with van der Waals surface area (Å²) in [6, 6.07) is 7.42. The molecule has 1 aliphatic carbocycles. The number of hydrogen-bond acceptors (Lipinski definition) is 7. The predicted octanol–water partition coefficient (Wildman–Crippen LogP) is 7.16. The number of ketones is 2. The van der Waals surface area contributed by atoms with Crippen LogP contribution in [0.3, 0.4) is 0 Å².